The van der Waals surface area contributed by atoms with Crippen LogP contribution in [0.15, 0.2) is 65.6 Å². The lowest BCUT2D eigenvalue weighted by molar-refractivity contribution is 0.0947. The second kappa shape index (κ2) is 9.68. The topological polar surface area (TPSA) is 75.7 Å². The third kappa shape index (κ3) is 5.18. The number of carbonyl (C=O) groups is 1. The van der Waals surface area contributed by atoms with Gasteiger partial charge in [0.2, 0.25) is 10.0 Å². The molecule has 0 unspecified atom stereocenters. The molecule has 0 bridgehead atoms. The Bertz CT molecular complexity index is 1190. The van der Waals surface area contributed by atoms with Gasteiger partial charge in [-0.15, -0.1) is 0 Å². The predicted octanol–water partition coefficient (Wildman–Crippen LogP) is 4.33. The van der Waals surface area contributed by atoms with Crippen molar-refractivity contribution in [2.75, 3.05) is 20.2 Å². The van der Waals surface area contributed by atoms with Gasteiger partial charge >= 0.3 is 0 Å². The van der Waals surface area contributed by atoms with Crippen molar-refractivity contribution in [3.8, 4) is 5.75 Å². The van der Waals surface area contributed by atoms with Crippen molar-refractivity contribution in [1.82, 2.24) is 9.62 Å². The van der Waals surface area contributed by atoms with E-state index in [4.69, 9.17) is 16.3 Å². The molecule has 1 N–H and O–H groups in total. The molecule has 0 radical (unpaired) electrons. The zero-order valence-electron chi connectivity index (χ0n) is 17.6. The number of ether oxygens (including phenoxy) is 1. The third-order valence-electron chi connectivity index (χ3n) is 4.98. The van der Waals surface area contributed by atoms with E-state index in [1.807, 2.05) is 42.5 Å². The van der Waals surface area contributed by atoms with Crippen molar-refractivity contribution in [3.63, 3.8) is 0 Å². The molecular formula is C23H25ClN2O4S. The lowest BCUT2D eigenvalue weighted by Crippen LogP contribution is -2.33. The normalized spacial score (nSPS) is 11.8. The fourth-order valence-electron chi connectivity index (χ4n) is 3.02. The summed E-state index contributed by atoms with van der Waals surface area (Å²) in [5.41, 5.74) is 0.102. The van der Waals surface area contributed by atoms with Crippen molar-refractivity contribution < 1.29 is 17.9 Å². The first-order chi connectivity index (χ1) is 14.7. The maximum Gasteiger partial charge on any atom is 0.252 e. The van der Waals surface area contributed by atoms with Crippen LogP contribution in [-0.2, 0) is 10.0 Å². The van der Waals surface area contributed by atoms with E-state index < -0.39 is 15.9 Å². The second-order valence-electron chi connectivity index (χ2n) is 7.34. The summed E-state index contributed by atoms with van der Waals surface area (Å²) in [6.45, 7) is 4.04. The van der Waals surface area contributed by atoms with Crippen LogP contribution in [0.1, 0.15) is 24.2 Å². The van der Waals surface area contributed by atoms with Crippen LogP contribution in [0, 0.1) is 0 Å². The Morgan fingerprint density at radius 2 is 1.81 bits per heavy atom. The van der Waals surface area contributed by atoms with Crippen LogP contribution < -0.4 is 10.1 Å². The molecule has 164 valence electrons. The number of benzene rings is 3. The van der Waals surface area contributed by atoms with Crippen molar-refractivity contribution in [3.05, 3.63) is 71.2 Å². The Labute approximate surface area is 187 Å². The summed E-state index contributed by atoms with van der Waals surface area (Å²) < 4.78 is 32.5. The molecular weight excluding hydrogens is 436 g/mol. The summed E-state index contributed by atoms with van der Waals surface area (Å²) in [5, 5.41) is 4.97. The van der Waals surface area contributed by atoms with Crippen LogP contribution in [0.3, 0.4) is 0 Å². The molecule has 0 fully saturated rings. The van der Waals surface area contributed by atoms with Crippen LogP contribution in [0.25, 0.3) is 10.8 Å². The molecule has 31 heavy (non-hydrogen) atoms. The SMILES string of the molecule is CC(C)N(C)S(=O)(=O)c1ccc(Cl)c(C(=O)NCCOc2cccc3ccccc23)c1. The van der Waals surface area contributed by atoms with Gasteiger partial charge in [-0.05, 0) is 43.5 Å². The van der Waals surface area contributed by atoms with Gasteiger partial charge < -0.3 is 10.1 Å². The zero-order valence-corrected chi connectivity index (χ0v) is 19.2. The molecule has 0 aliphatic carbocycles. The highest BCUT2D eigenvalue weighted by Gasteiger charge is 2.25. The van der Waals surface area contributed by atoms with E-state index in [0.717, 1.165) is 16.5 Å². The summed E-state index contributed by atoms with van der Waals surface area (Å²) in [6.07, 6.45) is 0. The average Bonchev–Trinajstić information content (AvgIpc) is 2.76. The highest BCUT2D eigenvalue weighted by Crippen LogP contribution is 2.25. The summed E-state index contributed by atoms with van der Waals surface area (Å²) >= 11 is 6.16. The number of nitrogens with zero attached hydrogens (tertiary/aromatic N) is 1. The molecule has 0 saturated carbocycles. The van der Waals surface area contributed by atoms with Crippen LogP contribution >= 0.6 is 11.6 Å². The number of rotatable bonds is 8. The number of carbonyl (C=O) groups excluding carboxylic acids is 1. The van der Waals surface area contributed by atoms with Crippen LogP contribution in [0.4, 0.5) is 0 Å². The number of nitrogens with one attached hydrogen (secondary N) is 1. The molecule has 0 aliphatic heterocycles. The number of sulfonamides is 1. The van der Waals surface area contributed by atoms with E-state index in [2.05, 4.69) is 5.32 Å². The van der Waals surface area contributed by atoms with Gasteiger partial charge in [0.05, 0.1) is 22.0 Å². The van der Waals surface area contributed by atoms with Gasteiger partial charge in [0.15, 0.2) is 0 Å². The van der Waals surface area contributed by atoms with Crippen LogP contribution in [-0.4, -0.2) is 44.9 Å². The van der Waals surface area contributed by atoms with E-state index in [1.54, 1.807) is 13.8 Å². The molecule has 0 atom stereocenters. The van der Waals surface area contributed by atoms with Gasteiger partial charge in [0.1, 0.15) is 12.4 Å². The lowest BCUT2D eigenvalue weighted by atomic mass is 10.1. The molecule has 0 saturated heterocycles. The Kier molecular flexibility index (Phi) is 7.20. The van der Waals surface area contributed by atoms with Crippen LogP contribution in [0.2, 0.25) is 5.02 Å². The molecule has 3 rings (SSSR count). The highest BCUT2D eigenvalue weighted by molar-refractivity contribution is 7.89. The molecule has 8 heteroatoms. The maximum absolute atomic E-state index is 12.7. The summed E-state index contributed by atoms with van der Waals surface area (Å²) in [7, 11) is -2.22. The zero-order chi connectivity index (χ0) is 22.6. The lowest BCUT2D eigenvalue weighted by Gasteiger charge is -2.21. The van der Waals surface area contributed by atoms with Gasteiger partial charge in [-0.3, -0.25) is 4.79 Å². The largest absolute Gasteiger partial charge is 0.491 e. The molecule has 0 aromatic heterocycles. The first-order valence-electron chi connectivity index (χ1n) is 9.88. The highest BCUT2D eigenvalue weighted by atomic mass is 35.5. The fourth-order valence-corrected chi connectivity index (χ4v) is 4.62. The Morgan fingerprint density at radius 1 is 1.10 bits per heavy atom. The Hall–Kier alpha value is -2.61. The molecule has 1 amide bonds. The van der Waals surface area contributed by atoms with E-state index in [-0.39, 0.29) is 34.7 Å². The van der Waals surface area contributed by atoms with Gasteiger partial charge in [0, 0.05) is 18.5 Å². The van der Waals surface area contributed by atoms with E-state index in [9.17, 15) is 13.2 Å². The van der Waals surface area contributed by atoms with Crippen molar-refractivity contribution >= 4 is 38.3 Å². The smallest absolute Gasteiger partial charge is 0.252 e. The number of halogens is 1. The van der Waals surface area contributed by atoms with Gasteiger partial charge in [-0.2, -0.15) is 4.31 Å². The second-order valence-corrected chi connectivity index (χ2v) is 9.74. The third-order valence-corrected chi connectivity index (χ3v) is 7.34. The standard InChI is InChI=1S/C23H25ClN2O4S/c1-16(2)26(3)31(28,29)18-11-12-21(24)20(15-18)23(27)25-13-14-30-22-10-6-8-17-7-4-5-9-19(17)22/h4-12,15-16H,13-14H2,1-3H3,(H,25,27). The average molecular weight is 461 g/mol. The molecule has 0 aliphatic rings. The Balaban J connectivity index is 1.67. The quantitative estimate of drug-likeness (QED) is 0.507. The predicted molar refractivity (Wildman–Crippen MR) is 123 cm³/mol. The molecule has 0 spiro atoms. The maximum atomic E-state index is 12.7. The number of hydrogen-bond donors (Lipinski definition) is 1. The van der Waals surface area contributed by atoms with E-state index >= 15 is 0 Å². The number of fused-ring (bicyclic) bond motifs is 1. The van der Waals surface area contributed by atoms with Crippen molar-refractivity contribution in [2.45, 2.75) is 24.8 Å². The molecule has 6 nitrogen and oxygen atoms in total. The van der Waals surface area contributed by atoms with Crippen molar-refractivity contribution in [1.29, 1.82) is 0 Å². The molecule has 0 heterocycles. The van der Waals surface area contributed by atoms with Gasteiger partial charge in [-0.1, -0.05) is 48.0 Å². The first-order valence-corrected chi connectivity index (χ1v) is 11.7. The summed E-state index contributed by atoms with van der Waals surface area (Å²) in [6, 6.07) is 17.6. The van der Waals surface area contributed by atoms with Gasteiger partial charge in [-0.25, -0.2) is 8.42 Å². The number of amides is 1. The monoisotopic (exact) mass is 460 g/mol. The van der Waals surface area contributed by atoms with Crippen LogP contribution in [0.5, 0.6) is 5.75 Å². The molecule has 3 aromatic rings. The Morgan fingerprint density at radius 3 is 2.55 bits per heavy atom. The van der Waals surface area contributed by atoms with E-state index in [1.165, 1.54) is 29.6 Å². The van der Waals surface area contributed by atoms with E-state index in [0.29, 0.717) is 0 Å². The minimum Gasteiger partial charge on any atom is -0.491 e. The van der Waals surface area contributed by atoms with Gasteiger partial charge in [0.25, 0.3) is 5.91 Å². The fraction of sp³-hybridized carbons (Fsp3) is 0.261. The minimum atomic E-state index is -3.72. The summed E-state index contributed by atoms with van der Waals surface area (Å²) in [5.74, 6) is 0.269. The van der Waals surface area contributed by atoms with Crippen molar-refractivity contribution in [2.24, 2.45) is 0 Å². The minimum absolute atomic E-state index is 0.0188. The first kappa shape index (κ1) is 23.1. The summed E-state index contributed by atoms with van der Waals surface area (Å²) in [4.78, 5) is 12.6. The number of hydrogen-bond acceptors (Lipinski definition) is 4. The molecule has 3 aromatic carbocycles.